The third-order valence-corrected chi connectivity index (χ3v) is 2.80. The van der Waals surface area contributed by atoms with Crippen LogP contribution in [0.1, 0.15) is 0 Å². The molecule has 3 aromatic rings. The highest BCUT2D eigenvalue weighted by Gasteiger charge is 2.32. The lowest BCUT2D eigenvalue weighted by atomic mass is 10.2. The molecule has 0 aliphatic carbocycles. The van der Waals surface area contributed by atoms with E-state index in [9.17, 15) is 13.2 Å². The monoisotopic (exact) mass is 306 g/mol. The average Bonchev–Trinajstić information content (AvgIpc) is 2.97. The number of aromatic nitrogens is 4. The van der Waals surface area contributed by atoms with E-state index in [0.29, 0.717) is 11.3 Å². The van der Waals surface area contributed by atoms with E-state index in [2.05, 4.69) is 19.8 Å². The SMILES string of the molecule is FC(F)(F)Oc1ccccc1-n1cc(-c2ccncn2)cn1. The molecule has 0 N–H and O–H groups in total. The van der Waals surface area contributed by atoms with E-state index >= 15 is 0 Å². The van der Waals surface area contributed by atoms with Gasteiger partial charge < -0.3 is 4.74 Å². The van der Waals surface area contributed by atoms with Crippen molar-refractivity contribution in [2.75, 3.05) is 0 Å². The molecular weight excluding hydrogens is 297 g/mol. The van der Waals surface area contributed by atoms with Crippen molar-refractivity contribution >= 4 is 0 Å². The molecule has 0 amide bonds. The summed E-state index contributed by atoms with van der Waals surface area (Å²) in [6.07, 6.45) is 1.26. The summed E-state index contributed by atoms with van der Waals surface area (Å²) in [6, 6.07) is 7.45. The molecule has 8 heteroatoms. The first kappa shape index (κ1) is 14.1. The molecule has 3 rings (SSSR count). The van der Waals surface area contributed by atoms with Crippen LogP contribution in [-0.2, 0) is 0 Å². The summed E-state index contributed by atoms with van der Waals surface area (Å²) >= 11 is 0. The Bertz CT molecular complexity index is 771. The summed E-state index contributed by atoms with van der Waals surface area (Å²) in [5.74, 6) is -0.327. The molecule has 22 heavy (non-hydrogen) atoms. The minimum absolute atomic E-state index is 0.181. The Labute approximate surface area is 123 Å². The minimum atomic E-state index is -4.77. The maximum Gasteiger partial charge on any atom is 0.573 e. The lowest BCUT2D eigenvalue weighted by Crippen LogP contribution is -2.18. The van der Waals surface area contributed by atoms with Gasteiger partial charge in [-0.15, -0.1) is 13.2 Å². The van der Waals surface area contributed by atoms with Gasteiger partial charge in [0.05, 0.1) is 11.9 Å². The predicted molar refractivity (Wildman–Crippen MR) is 71.3 cm³/mol. The maximum absolute atomic E-state index is 12.4. The molecule has 1 aromatic carbocycles. The fourth-order valence-corrected chi connectivity index (χ4v) is 1.91. The number of alkyl halides is 3. The molecule has 0 bridgehead atoms. The highest BCUT2D eigenvalue weighted by molar-refractivity contribution is 5.58. The van der Waals surface area contributed by atoms with Crippen LogP contribution in [-0.4, -0.2) is 26.1 Å². The second-order valence-electron chi connectivity index (χ2n) is 4.28. The number of rotatable bonds is 3. The van der Waals surface area contributed by atoms with Crippen LogP contribution in [0, 0.1) is 0 Å². The fraction of sp³-hybridized carbons (Fsp3) is 0.0714. The molecule has 2 aromatic heterocycles. The van der Waals surface area contributed by atoms with Crippen LogP contribution in [0.25, 0.3) is 16.9 Å². The number of nitrogens with zero attached hydrogens (tertiary/aromatic N) is 4. The smallest absolute Gasteiger partial charge is 0.403 e. The first-order valence-electron chi connectivity index (χ1n) is 6.19. The lowest BCUT2D eigenvalue weighted by Gasteiger charge is -2.12. The van der Waals surface area contributed by atoms with Gasteiger partial charge in [0.1, 0.15) is 12.0 Å². The molecule has 0 spiro atoms. The van der Waals surface area contributed by atoms with Gasteiger partial charge in [0.15, 0.2) is 5.75 Å². The minimum Gasteiger partial charge on any atom is -0.403 e. The van der Waals surface area contributed by atoms with E-state index in [-0.39, 0.29) is 11.4 Å². The average molecular weight is 306 g/mol. The van der Waals surface area contributed by atoms with Crippen molar-refractivity contribution in [2.24, 2.45) is 0 Å². The third-order valence-electron chi connectivity index (χ3n) is 2.80. The molecule has 112 valence electrons. The van der Waals surface area contributed by atoms with Gasteiger partial charge >= 0.3 is 6.36 Å². The van der Waals surface area contributed by atoms with Gasteiger partial charge in [-0.05, 0) is 18.2 Å². The van der Waals surface area contributed by atoms with Crippen molar-refractivity contribution in [1.82, 2.24) is 19.7 Å². The molecule has 0 aliphatic heterocycles. The zero-order valence-electron chi connectivity index (χ0n) is 11.0. The highest BCUT2D eigenvalue weighted by atomic mass is 19.4. The summed E-state index contributed by atoms with van der Waals surface area (Å²) in [4.78, 5) is 7.87. The Kier molecular flexibility index (Phi) is 3.50. The lowest BCUT2D eigenvalue weighted by molar-refractivity contribution is -0.274. The second kappa shape index (κ2) is 5.47. The zero-order chi connectivity index (χ0) is 15.6. The number of halogens is 3. The molecule has 0 aliphatic rings. The quantitative estimate of drug-likeness (QED) is 0.745. The first-order valence-corrected chi connectivity index (χ1v) is 6.19. The van der Waals surface area contributed by atoms with Gasteiger partial charge in [0.25, 0.3) is 0 Å². The van der Waals surface area contributed by atoms with Crippen molar-refractivity contribution < 1.29 is 17.9 Å². The van der Waals surface area contributed by atoms with Crippen molar-refractivity contribution in [2.45, 2.75) is 6.36 Å². The van der Waals surface area contributed by atoms with Crippen molar-refractivity contribution in [3.05, 3.63) is 55.2 Å². The van der Waals surface area contributed by atoms with Gasteiger partial charge in [-0.2, -0.15) is 5.10 Å². The van der Waals surface area contributed by atoms with E-state index in [1.165, 1.54) is 35.4 Å². The van der Waals surface area contributed by atoms with Crippen LogP contribution in [0.3, 0.4) is 0 Å². The standard InChI is InChI=1S/C14H9F3N4O/c15-14(16,17)22-13-4-2-1-3-12(13)21-8-10(7-20-21)11-5-6-18-9-19-11/h1-9H. The first-order chi connectivity index (χ1) is 10.5. The molecule has 5 nitrogen and oxygen atoms in total. The van der Waals surface area contributed by atoms with Crippen LogP contribution >= 0.6 is 0 Å². The fourth-order valence-electron chi connectivity index (χ4n) is 1.91. The van der Waals surface area contributed by atoms with E-state index < -0.39 is 6.36 Å². The van der Waals surface area contributed by atoms with E-state index in [1.807, 2.05) is 0 Å². The molecule has 0 fully saturated rings. The molecule has 0 radical (unpaired) electrons. The van der Waals surface area contributed by atoms with Crippen molar-refractivity contribution in [3.63, 3.8) is 0 Å². The number of benzene rings is 1. The maximum atomic E-state index is 12.4. The molecule has 0 atom stereocenters. The second-order valence-corrected chi connectivity index (χ2v) is 4.28. The van der Waals surface area contributed by atoms with Crippen LogP contribution in [0.5, 0.6) is 5.75 Å². The van der Waals surface area contributed by atoms with Gasteiger partial charge in [-0.3, -0.25) is 0 Å². The number of ether oxygens (including phenoxy) is 1. The normalized spacial score (nSPS) is 11.4. The largest absolute Gasteiger partial charge is 0.573 e. The van der Waals surface area contributed by atoms with Crippen molar-refractivity contribution in [3.8, 4) is 22.7 Å². The van der Waals surface area contributed by atoms with E-state index in [1.54, 1.807) is 24.5 Å². The summed E-state index contributed by atoms with van der Waals surface area (Å²) in [5, 5.41) is 4.06. The number of para-hydroxylation sites is 2. The molecule has 0 saturated heterocycles. The summed E-state index contributed by atoms with van der Waals surface area (Å²) in [7, 11) is 0. The Morgan fingerprint density at radius 3 is 2.64 bits per heavy atom. The molecule has 2 heterocycles. The Hall–Kier alpha value is -2.90. The van der Waals surface area contributed by atoms with Crippen molar-refractivity contribution in [1.29, 1.82) is 0 Å². The van der Waals surface area contributed by atoms with E-state index in [4.69, 9.17) is 0 Å². The number of hydrogen-bond donors (Lipinski definition) is 0. The molecular formula is C14H9F3N4O. The highest BCUT2D eigenvalue weighted by Crippen LogP contribution is 2.29. The van der Waals surface area contributed by atoms with Crippen LogP contribution in [0.4, 0.5) is 13.2 Å². The Morgan fingerprint density at radius 1 is 1.09 bits per heavy atom. The van der Waals surface area contributed by atoms with Crippen LogP contribution in [0.15, 0.2) is 55.2 Å². The van der Waals surface area contributed by atoms with E-state index in [0.717, 1.165) is 0 Å². The third kappa shape index (κ3) is 3.05. The molecule has 0 saturated carbocycles. The van der Waals surface area contributed by atoms with Crippen LogP contribution in [0.2, 0.25) is 0 Å². The Balaban J connectivity index is 1.97. The summed E-state index contributed by atoms with van der Waals surface area (Å²) in [6.45, 7) is 0. The van der Waals surface area contributed by atoms with Gasteiger partial charge in [0.2, 0.25) is 0 Å². The topological polar surface area (TPSA) is 52.8 Å². The Morgan fingerprint density at radius 2 is 1.91 bits per heavy atom. The number of hydrogen-bond acceptors (Lipinski definition) is 4. The van der Waals surface area contributed by atoms with Gasteiger partial charge in [-0.1, -0.05) is 12.1 Å². The summed E-state index contributed by atoms with van der Waals surface area (Å²) < 4.78 is 42.6. The molecule has 0 unspecified atom stereocenters. The zero-order valence-corrected chi connectivity index (χ0v) is 11.0. The van der Waals surface area contributed by atoms with Gasteiger partial charge in [-0.25, -0.2) is 14.6 Å². The van der Waals surface area contributed by atoms with Gasteiger partial charge in [0, 0.05) is 18.0 Å². The predicted octanol–water partition coefficient (Wildman–Crippen LogP) is 3.23. The summed E-state index contributed by atoms with van der Waals surface area (Å²) in [5.41, 5.74) is 1.46. The van der Waals surface area contributed by atoms with Crippen LogP contribution < -0.4 is 4.74 Å².